The zero-order valence-electron chi connectivity index (χ0n) is 22.1. The molecule has 36 heavy (non-hydrogen) atoms. The number of rotatable bonds is 10. The van der Waals surface area contributed by atoms with Crippen LogP contribution in [0.1, 0.15) is 61.4 Å². The minimum Gasteiger partial charge on any atom is -0.496 e. The SMILES string of the molecule is COc1ccc(S(=O)(=O)N2CCOCC2)cc1CCC(=O)N[C@@H](C)c1cc(C(C)C)c(OC)cc1C. The normalized spacial score (nSPS) is 15.5. The van der Waals surface area contributed by atoms with Gasteiger partial charge in [-0.05, 0) is 78.8 Å². The van der Waals surface area contributed by atoms with E-state index >= 15 is 0 Å². The van der Waals surface area contributed by atoms with Crippen molar-refractivity contribution in [3.63, 3.8) is 0 Å². The van der Waals surface area contributed by atoms with Gasteiger partial charge in [-0.25, -0.2) is 8.42 Å². The van der Waals surface area contributed by atoms with Crippen LogP contribution in [0.5, 0.6) is 11.5 Å². The monoisotopic (exact) mass is 518 g/mol. The van der Waals surface area contributed by atoms with Gasteiger partial charge in [-0.15, -0.1) is 0 Å². The lowest BCUT2D eigenvalue weighted by Gasteiger charge is -2.26. The molecule has 0 saturated carbocycles. The van der Waals surface area contributed by atoms with Crippen molar-refractivity contribution >= 4 is 15.9 Å². The fraction of sp³-hybridized carbons (Fsp3) is 0.519. The number of ether oxygens (including phenoxy) is 3. The van der Waals surface area contributed by atoms with Crippen molar-refractivity contribution in [1.82, 2.24) is 9.62 Å². The third-order valence-corrected chi connectivity index (χ3v) is 8.46. The molecule has 1 amide bonds. The number of aryl methyl sites for hydroxylation is 2. The molecule has 0 radical (unpaired) electrons. The topological polar surface area (TPSA) is 94.2 Å². The second kappa shape index (κ2) is 12.1. The van der Waals surface area contributed by atoms with Gasteiger partial charge in [-0.2, -0.15) is 4.31 Å². The largest absolute Gasteiger partial charge is 0.496 e. The van der Waals surface area contributed by atoms with Crippen molar-refractivity contribution in [3.05, 3.63) is 52.6 Å². The van der Waals surface area contributed by atoms with E-state index in [9.17, 15) is 13.2 Å². The Hall–Kier alpha value is -2.62. The van der Waals surface area contributed by atoms with Gasteiger partial charge >= 0.3 is 0 Å². The number of carbonyl (C=O) groups excluding carboxylic acids is 1. The highest BCUT2D eigenvalue weighted by Gasteiger charge is 2.27. The first-order valence-corrected chi connectivity index (χ1v) is 13.7. The molecule has 1 saturated heterocycles. The number of sulfonamides is 1. The summed E-state index contributed by atoms with van der Waals surface area (Å²) < 4.78 is 43.8. The maximum atomic E-state index is 13.1. The Morgan fingerprint density at radius 1 is 1.03 bits per heavy atom. The third-order valence-electron chi connectivity index (χ3n) is 6.57. The lowest BCUT2D eigenvalue weighted by molar-refractivity contribution is -0.121. The van der Waals surface area contributed by atoms with Crippen molar-refractivity contribution in [2.75, 3.05) is 40.5 Å². The highest BCUT2D eigenvalue weighted by molar-refractivity contribution is 7.89. The minimum absolute atomic E-state index is 0.118. The van der Waals surface area contributed by atoms with E-state index in [0.29, 0.717) is 44.0 Å². The van der Waals surface area contributed by atoms with Crippen molar-refractivity contribution in [3.8, 4) is 11.5 Å². The zero-order chi connectivity index (χ0) is 26.5. The van der Waals surface area contributed by atoms with Gasteiger partial charge < -0.3 is 19.5 Å². The summed E-state index contributed by atoms with van der Waals surface area (Å²) in [5.74, 6) is 1.58. The summed E-state index contributed by atoms with van der Waals surface area (Å²) in [6.07, 6.45) is 0.557. The van der Waals surface area contributed by atoms with Crippen molar-refractivity contribution in [2.24, 2.45) is 0 Å². The fourth-order valence-corrected chi connectivity index (χ4v) is 5.96. The highest BCUT2D eigenvalue weighted by atomic mass is 32.2. The Kier molecular flexibility index (Phi) is 9.38. The standard InChI is InChI=1S/C27H38N2O6S/c1-18(2)23-17-24(19(3)15-26(23)34-6)20(4)28-27(30)10-7-21-16-22(8-9-25(21)33-5)36(31,32)29-11-13-35-14-12-29/h8-9,15-18,20H,7,10-14H2,1-6H3,(H,28,30)/t20-/m0/s1. The third kappa shape index (κ3) is 6.38. The molecule has 9 heteroatoms. The summed E-state index contributed by atoms with van der Waals surface area (Å²) in [5, 5.41) is 3.08. The molecule has 2 aromatic carbocycles. The summed E-state index contributed by atoms with van der Waals surface area (Å²) in [5.41, 5.74) is 3.87. The van der Waals surface area contributed by atoms with Crippen LogP contribution in [0.2, 0.25) is 0 Å². The molecule has 1 fully saturated rings. The zero-order valence-corrected chi connectivity index (χ0v) is 22.9. The van der Waals surface area contributed by atoms with Crippen LogP contribution in [0, 0.1) is 6.92 Å². The number of morpholine rings is 1. The molecule has 0 spiro atoms. The maximum absolute atomic E-state index is 13.1. The van der Waals surface area contributed by atoms with Crippen LogP contribution in [0.3, 0.4) is 0 Å². The average Bonchev–Trinajstić information content (AvgIpc) is 2.87. The molecule has 0 unspecified atom stereocenters. The number of nitrogens with zero attached hydrogens (tertiary/aromatic N) is 1. The molecule has 0 aromatic heterocycles. The van der Waals surface area contributed by atoms with Gasteiger partial charge in [0.2, 0.25) is 15.9 Å². The molecule has 1 N–H and O–H groups in total. The fourth-order valence-electron chi connectivity index (χ4n) is 4.50. The molecule has 0 bridgehead atoms. The van der Waals surface area contributed by atoms with E-state index < -0.39 is 10.0 Å². The van der Waals surface area contributed by atoms with E-state index in [1.165, 1.54) is 11.4 Å². The minimum atomic E-state index is -3.64. The van der Waals surface area contributed by atoms with Gasteiger partial charge in [0.05, 0.1) is 38.4 Å². The van der Waals surface area contributed by atoms with Gasteiger partial charge in [0.1, 0.15) is 11.5 Å². The van der Waals surface area contributed by atoms with Crippen molar-refractivity contribution in [1.29, 1.82) is 0 Å². The molecule has 0 aliphatic carbocycles. The summed E-state index contributed by atoms with van der Waals surface area (Å²) in [6.45, 7) is 9.62. The number of methoxy groups -OCH3 is 2. The second-order valence-electron chi connectivity index (χ2n) is 9.38. The maximum Gasteiger partial charge on any atom is 0.243 e. The predicted octanol–water partition coefficient (Wildman–Crippen LogP) is 3.97. The van der Waals surface area contributed by atoms with Crippen molar-refractivity contribution < 1.29 is 27.4 Å². The Bertz CT molecular complexity index is 1170. The second-order valence-corrected chi connectivity index (χ2v) is 11.3. The smallest absolute Gasteiger partial charge is 0.243 e. The van der Waals surface area contributed by atoms with Crippen LogP contribution in [0.25, 0.3) is 0 Å². The molecule has 198 valence electrons. The Morgan fingerprint density at radius 3 is 2.31 bits per heavy atom. The molecular formula is C27H38N2O6S. The Morgan fingerprint density at radius 2 is 1.69 bits per heavy atom. The first-order chi connectivity index (χ1) is 17.1. The van der Waals surface area contributed by atoms with E-state index in [2.05, 4.69) is 25.2 Å². The number of hydrogen-bond acceptors (Lipinski definition) is 6. The lowest BCUT2D eigenvalue weighted by atomic mass is 9.93. The quantitative estimate of drug-likeness (QED) is 0.512. The number of carbonyl (C=O) groups is 1. The number of nitrogens with one attached hydrogen (secondary N) is 1. The highest BCUT2D eigenvalue weighted by Crippen LogP contribution is 2.32. The molecule has 8 nitrogen and oxygen atoms in total. The van der Waals surface area contributed by atoms with E-state index in [1.54, 1.807) is 25.3 Å². The molecule has 1 heterocycles. The number of hydrogen-bond donors (Lipinski definition) is 1. The summed E-state index contributed by atoms with van der Waals surface area (Å²) in [6, 6.07) is 8.75. The van der Waals surface area contributed by atoms with Crippen LogP contribution in [-0.4, -0.2) is 59.2 Å². The first kappa shape index (κ1) is 28.0. The van der Waals surface area contributed by atoms with Gasteiger partial charge in [0.25, 0.3) is 0 Å². The van der Waals surface area contributed by atoms with Crippen LogP contribution in [0.15, 0.2) is 35.2 Å². The van der Waals surface area contributed by atoms with Crippen LogP contribution in [0.4, 0.5) is 0 Å². The van der Waals surface area contributed by atoms with Crippen LogP contribution in [-0.2, 0) is 26.0 Å². The van der Waals surface area contributed by atoms with Gasteiger partial charge in [0.15, 0.2) is 0 Å². The summed E-state index contributed by atoms with van der Waals surface area (Å²) in [7, 11) is -0.433. The molecule has 1 aliphatic rings. The first-order valence-electron chi connectivity index (χ1n) is 12.3. The number of amides is 1. The molecule has 1 atom stereocenters. The Balaban J connectivity index is 1.72. The number of benzene rings is 2. The Labute approximate surface area is 215 Å². The van der Waals surface area contributed by atoms with Gasteiger partial charge in [-0.3, -0.25) is 4.79 Å². The average molecular weight is 519 g/mol. The van der Waals surface area contributed by atoms with Crippen LogP contribution >= 0.6 is 0 Å². The summed E-state index contributed by atoms with van der Waals surface area (Å²) >= 11 is 0. The van der Waals surface area contributed by atoms with Gasteiger partial charge in [-0.1, -0.05) is 13.8 Å². The van der Waals surface area contributed by atoms with E-state index in [1.807, 2.05) is 19.9 Å². The molecule has 2 aromatic rings. The van der Waals surface area contributed by atoms with E-state index in [4.69, 9.17) is 14.2 Å². The van der Waals surface area contributed by atoms with E-state index in [-0.39, 0.29) is 29.2 Å². The predicted molar refractivity (Wildman–Crippen MR) is 139 cm³/mol. The molecular weight excluding hydrogens is 480 g/mol. The van der Waals surface area contributed by atoms with Crippen LogP contribution < -0.4 is 14.8 Å². The molecule has 3 rings (SSSR count). The lowest BCUT2D eigenvalue weighted by Crippen LogP contribution is -2.40. The molecule has 1 aliphatic heterocycles. The summed E-state index contributed by atoms with van der Waals surface area (Å²) in [4.78, 5) is 13.1. The van der Waals surface area contributed by atoms with Gasteiger partial charge in [0, 0.05) is 19.5 Å². The van der Waals surface area contributed by atoms with Crippen molar-refractivity contribution in [2.45, 2.75) is 57.4 Å². The van der Waals surface area contributed by atoms with E-state index in [0.717, 1.165) is 22.4 Å².